The maximum atomic E-state index is 13.1. The Balaban J connectivity index is 1.31. The zero-order chi connectivity index (χ0) is 27.3. The summed E-state index contributed by atoms with van der Waals surface area (Å²) >= 11 is 6.99. The molecule has 4 rings (SSSR count). The van der Waals surface area contributed by atoms with Crippen LogP contribution in [-0.2, 0) is 17.5 Å². The van der Waals surface area contributed by atoms with Crippen LogP contribution in [0.15, 0.2) is 55.4 Å². The molecule has 0 radical (unpaired) electrons. The quantitative estimate of drug-likeness (QED) is 0.305. The van der Waals surface area contributed by atoms with Gasteiger partial charge in [0, 0.05) is 47.7 Å². The number of rotatable bonds is 8. The fraction of sp³-hybridized carbons (Fsp3) is 0.280. The highest BCUT2D eigenvalue weighted by Crippen LogP contribution is 2.35. The fourth-order valence-electron chi connectivity index (χ4n) is 3.91. The van der Waals surface area contributed by atoms with E-state index in [9.17, 15) is 22.8 Å². The molecule has 1 aliphatic heterocycles. The van der Waals surface area contributed by atoms with Gasteiger partial charge in [0.15, 0.2) is 5.13 Å². The summed E-state index contributed by atoms with van der Waals surface area (Å²) in [4.78, 5) is 35.3. The van der Waals surface area contributed by atoms with Gasteiger partial charge in [0.25, 0.3) is 5.91 Å². The lowest BCUT2D eigenvalue weighted by atomic mass is 10.0. The van der Waals surface area contributed by atoms with Gasteiger partial charge in [0.05, 0.1) is 17.1 Å². The molecule has 1 aliphatic rings. The molecule has 0 saturated carbocycles. The van der Waals surface area contributed by atoms with Crippen molar-refractivity contribution in [3.8, 4) is 0 Å². The summed E-state index contributed by atoms with van der Waals surface area (Å²) in [6.45, 7) is 4.78. The molecule has 0 aliphatic carbocycles. The number of pyridine rings is 1. The second-order valence-electron chi connectivity index (χ2n) is 8.54. The second-order valence-corrected chi connectivity index (χ2v) is 10.1. The topological polar surface area (TPSA) is 99.3 Å². The highest BCUT2D eigenvalue weighted by Gasteiger charge is 2.33. The highest BCUT2D eigenvalue weighted by atomic mass is 35.5. The molecule has 3 N–H and O–H groups in total. The normalized spacial score (nSPS) is 15.6. The fourth-order valence-corrected chi connectivity index (χ4v) is 4.95. The monoisotopic (exact) mass is 564 g/mol. The van der Waals surface area contributed by atoms with Gasteiger partial charge in [-0.3, -0.25) is 9.59 Å². The maximum Gasteiger partial charge on any atom is 0.418 e. The van der Waals surface area contributed by atoms with E-state index in [-0.39, 0.29) is 30.2 Å². The molecule has 3 heterocycles. The van der Waals surface area contributed by atoms with Gasteiger partial charge < -0.3 is 20.9 Å². The van der Waals surface area contributed by atoms with E-state index in [2.05, 4.69) is 32.5 Å². The second kappa shape index (κ2) is 11.8. The molecule has 0 unspecified atom stereocenters. The number of thiazole rings is 1. The summed E-state index contributed by atoms with van der Waals surface area (Å²) < 4.78 is 39.2. The van der Waals surface area contributed by atoms with Crippen molar-refractivity contribution in [2.75, 3.05) is 29.0 Å². The summed E-state index contributed by atoms with van der Waals surface area (Å²) in [6, 6.07) is 7.56. The Morgan fingerprint density at radius 2 is 1.97 bits per heavy atom. The number of alkyl halides is 3. The first-order valence-electron chi connectivity index (χ1n) is 11.6. The van der Waals surface area contributed by atoms with Crippen molar-refractivity contribution in [2.24, 2.45) is 0 Å². The Bertz CT molecular complexity index is 1320. The predicted octanol–water partition coefficient (Wildman–Crippen LogP) is 5.66. The number of nitrogens with zero attached hydrogens (tertiary/aromatic N) is 3. The van der Waals surface area contributed by atoms with E-state index in [1.807, 2.05) is 0 Å². The van der Waals surface area contributed by atoms with Crippen LogP contribution in [-0.4, -0.2) is 45.8 Å². The van der Waals surface area contributed by atoms with Crippen molar-refractivity contribution < 1.29 is 22.8 Å². The summed E-state index contributed by atoms with van der Waals surface area (Å²) in [7, 11) is 0. The lowest BCUT2D eigenvalue weighted by Gasteiger charge is -2.33. The van der Waals surface area contributed by atoms with Crippen LogP contribution >= 0.6 is 22.9 Å². The number of halogens is 4. The summed E-state index contributed by atoms with van der Waals surface area (Å²) in [5.41, 5.74) is 0.149. The molecule has 1 atom stereocenters. The van der Waals surface area contributed by atoms with Crippen LogP contribution in [0.2, 0.25) is 5.02 Å². The van der Waals surface area contributed by atoms with Crippen LogP contribution in [0.4, 0.5) is 29.8 Å². The van der Waals surface area contributed by atoms with Gasteiger partial charge in [0.1, 0.15) is 5.82 Å². The van der Waals surface area contributed by atoms with Gasteiger partial charge in [-0.25, -0.2) is 9.97 Å². The number of likely N-dealkylation sites (tertiary alicyclic amines) is 1. The highest BCUT2D eigenvalue weighted by molar-refractivity contribution is 7.15. The molecular formula is C25H24ClF3N6O2S. The third-order valence-electron chi connectivity index (χ3n) is 5.78. The van der Waals surface area contributed by atoms with E-state index in [0.717, 1.165) is 30.0 Å². The van der Waals surface area contributed by atoms with Crippen molar-refractivity contribution in [1.82, 2.24) is 14.9 Å². The van der Waals surface area contributed by atoms with Gasteiger partial charge in [-0.05, 0) is 49.2 Å². The molecule has 8 nitrogen and oxygen atoms in total. The minimum Gasteiger partial charge on any atom is -0.365 e. The first-order chi connectivity index (χ1) is 18.1. The van der Waals surface area contributed by atoms with Gasteiger partial charge >= 0.3 is 6.18 Å². The number of hydrogen-bond donors (Lipinski definition) is 3. The summed E-state index contributed by atoms with van der Waals surface area (Å²) in [6.07, 6.45) is 0.890. The standard InChI is InChI=1S/C25H24ClF3N6O2S/c1-2-22(36)33-16-7-5-15(6-8-16)23(37)35-9-3-4-17(14-35)34-24-32-12-18(38-24)11-30-21-10-19(25(27,28)29)20(26)13-31-21/h2,5-8,10,12-13,17H,1,3-4,9,11,14H2,(H,30,31)(H,32,34)(H,33,36)/t17-/m1/s1. The molecule has 1 fully saturated rings. The van der Waals surface area contributed by atoms with Crippen molar-refractivity contribution in [1.29, 1.82) is 0 Å². The molecule has 1 saturated heterocycles. The van der Waals surface area contributed by atoms with Crippen molar-refractivity contribution in [2.45, 2.75) is 31.6 Å². The first kappa shape index (κ1) is 27.4. The number of nitrogens with one attached hydrogen (secondary N) is 3. The minimum atomic E-state index is -4.57. The largest absolute Gasteiger partial charge is 0.418 e. The number of carbonyl (C=O) groups is 2. The van der Waals surface area contributed by atoms with Crippen LogP contribution < -0.4 is 16.0 Å². The van der Waals surface area contributed by atoms with E-state index in [4.69, 9.17) is 11.6 Å². The van der Waals surface area contributed by atoms with Crippen LogP contribution in [0.25, 0.3) is 0 Å². The molecule has 1 aromatic carbocycles. The summed E-state index contributed by atoms with van der Waals surface area (Å²) in [5, 5.41) is 9.07. The average Bonchev–Trinajstić information content (AvgIpc) is 3.34. The minimum absolute atomic E-state index is 0.00177. The molecule has 2 aromatic heterocycles. The smallest absolute Gasteiger partial charge is 0.365 e. The number of benzene rings is 1. The van der Waals surface area contributed by atoms with E-state index in [0.29, 0.717) is 29.5 Å². The maximum absolute atomic E-state index is 13.1. The van der Waals surface area contributed by atoms with Crippen LogP contribution in [0.3, 0.4) is 0 Å². The lowest BCUT2D eigenvalue weighted by Crippen LogP contribution is -2.45. The average molecular weight is 565 g/mol. The Kier molecular flexibility index (Phi) is 8.52. The van der Waals surface area contributed by atoms with Crippen LogP contribution in [0, 0.1) is 0 Å². The number of aromatic nitrogens is 2. The van der Waals surface area contributed by atoms with E-state index >= 15 is 0 Å². The van der Waals surface area contributed by atoms with E-state index in [1.54, 1.807) is 35.4 Å². The number of hydrogen-bond acceptors (Lipinski definition) is 7. The van der Waals surface area contributed by atoms with Gasteiger partial charge in [-0.15, -0.1) is 11.3 Å². The van der Waals surface area contributed by atoms with Crippen LogP contribution in [0.5, 0.6) is 0 Å². The number of piperidine rings is 1. The van der Waals surface area contributed by atoms with E-state index in [1.165, 1.54) is 17.4 Å². The molecule has 0 bridgehead atoms. The molecule has 13 heteroatoms. The third kappa shape index (κ3) is 7.01. The Labute approximate surface area is 225 Å². The van der Waals surface area contributed by atoms with Gasteiger partial charge in [0.2, 0.25) is 5.91 Å². The van der Waals surface area contributed by atoms with Crippen LogP contribution in [0.1, 0.15) is 33.6 Å². The molecule has 38 heavy (non-hydrogen) atoms. The van der Waals surface area contributed by atoms with Crippen molar-refractivity contribution in [3.63, 3.8) is 0 Å². The summed E-state index contributed by atoms with van der Waals surface area (Å²) in [5.74, 6) is -0.370. The Morgan fingerprint density at radius 3 is 2.68 bits per heavy atom. The predicted molar refractivity (Wildman–Crippen MR) is 142 cm³/mol. The van der Waals surface area contributed by atoms with Crippen molar-refractivity contribution >= 4 is 51.4 Å². The number of carbonyl (C=O) groups excluding carboxylic acids is 2. The number of amides is 2. The zero-order valence-corrected chi connectivity index (χ0v) is 21.6. The molecular weight excluding hydrogens is 541 g/mol. The van der Waals surface area contributed by atoms with Crippen molar-refractivity contribution in [3.05, 3.63) is 76.4 Å². The van der Waals surface area contributed by atoms with Gasteiger partial charge in [-0.2, -0.15) is 13.2 Å². The molecule has 0 spiro atoms. The molecule has 3 aromatic rings. The lowest BCUT2D eigenvalue weighted by molar-refractivity contribution is -0.137. The molecule has 2 amide bonds. The first-order valence-corrected chi connectivity index (χ1v) is 12.8. The SMILES string of the molecule is C=CC(=O)Nc1ccc(C(=O)N2CCC[C@@H](Nc3ncc(CNc4cc(C(F)(F)F)c(Cl)cn4)s3)C2)cc1. The zero-order valence-electron chi connectivity index (χ0n) is 20.0. The Morgan fingerprint density at radius 1 is 1.21 bits per heavy atom. The van der Waals surface area contributed by atoms with Gasteiger partial charge in [-0.1, -0.05) is 18.2 Å². The molecule has 200 valence electrons. The van der Waals surface area contributed by atoms with E-state index < -0.39 is 16.8 Å². The third-order valence-corrected chi connectivity index (χ3v) is 7.01. The Hall–Kier alpha value is -3.64. The number of anilines is 3.